The van der Waals surface area contributed by atoms with E-state index in [0.717, 1.165) is 42.7 Å². The Kier molecular flexibility index (Phi) is 6.86. The van der Waals surface area contributed by atoms with Crippen molar-refractivity contribution in [1.82, 2.24) is 14.8 Å². The van der Waals surface area contributed by atoms with Crippen LogP contribution in [-0.2, 0) is 11.3 Å². The van der Waals surface area contributed by atoms with E-state index < -0.39 is 6.10 Å². The molecule has 1 saturated heterocycles. The van der Waals surface area contributed by atoms with E-state index in [1.165, 1.54) is 6.07 Å². The molecule has 1 fully saturated rings. The zero-order chi connectivity index (χ0) is 23.3. The number of amides is 1. The zero-order valence-electron chi connectivity index (χ0n) is 19.3. The Bertz CT molecular complexity index is 1120. The molecule has 1 amide bonds. The number of pyridine rings is 1. The maximum absolute atomic E-state index is 14.6. The molecular weight excluding hydrogens is 429 g/mol. The lowest BCUT2D eigenvalue weighted by atomic mass is 9.96. The number of likely N-dealkylation sites (tertiary alicyclic amines) is 1. The summed E-state index contributed by atoms with van der Waals surface area (Å²) in [5.41, 5.74) is 2.70. The Morgan fingerprint density at radius 1 is 1.06 bits per heavy atom. The summed E-state index contributed by atoms with van der Waals surface area (Å²) in [4.78, 5) is 21.8. The van der Waals surface area contributed by atoms with Gasteiger partial charge in [0.2, 0.25) is 5.91 Å². The zero-order valence-corrected chi connectivity index (χ0v) is 19.3. The van der Waals surface area contributed by atoms with Crippen molar-refractivity contribution in [2.75, 3.05) is 19.6 Å². The van der Waals surface area contributed by atoms with Gasteiger partial charge in [0, 0.05) is 56.1 Å². The van der Waals surface area contributed by atoms with Crippen LogP contribution in [0.2, 0.25) is 0 Å². The second kappa shape index (κ2) is 10.3. The van der Waals surface area contributed by atoms with E-state index in [1.807, 2.05) is 47.5 Å². The normalized spacial score (nSPS) is 20.8. The number of hydrogen-bond donors (Lipinski definition) is 0. The van der Waals surface area contributed by atoms with Crippen LogP contribution in [0.15, 0.2) is 73.1 Å². The highest BCUT2D eigenvalue weighted by molar-refractivity contribution is 5.77. The monoisotopic (exact) mass is 459 g/mol. The number of hydrogen-bond acceptors (Lipinski definition) is 4. The standard InChI is InChI=1S/C28H30FN3O2/c29-24-11-3-2-10-23(24)27-20-31(19-22-8-1-4-13-26(22)34-27)17-14-28(33)32-16-6-5-12-25(32)21-9-7-15-30-18-21/h1-4,7-11,13,15,18,25,27H,5-6,12,14,16-17,19-20H2/t25-,27-/m0/s1. The number of benzene rings is 2. The summed E-state index contributed by atoms with van der Waals surface area (Å²) in [6, 6.07) is 18.8. The third-order valence-corrected chi connectivity index (χ3v) is 6.85. The lowest BCUT2D eigenvalue weighted by Gasteiger charge is -2.36. The number of ether oxygens (including phenoxy) is 1. The van der Waals surface area contributed by atoms with Crippen molar-refractivity contribution in [1.29, 1.82) is 0 Å². The summed E-state index contributed by atoms with van der Waals surface area (Å²) in [5.74, 6) is 0.669. The van der Waals surface area contributed by atoms with E-state index in [0.29, 0.717) is 31.6 Å². The fourth-order valence-electron chi connectivity index (χ4n) is 5.10. The molecule has 0 aliphatic carbocycles. The van der Waals surface area contributed by atoms with Gasteiger partial charge in [-0.3, -0.25) is 14.7 Å². The molecule has 5 rings (SSSR count). The average Bonchev–Trinajstić information content (AvgIpc) is 3.07. The Balaban J connectivity index is 1.32. The lowest BCUT2D eigenvalue weighted by Crippen LogP contribution is -2.40. The van der Waals surface area contributed by atoms with Crippen LogP contribution >= 0.6 is 0 Å². The van der Waals surface area contributed by atoms with Crippen molar-refractivity contribution in [3.63, 3.8) is 0 Å². The van der Waals surface area contributed by atoms with Crippen LogP contribution in [-0.4, -0.2) is 40.3 Å². The first-order valence-corrected chi connectivity index (χ1v) is 12.1. The van der Waals surface area contributed by atoms with Gasteiger partial charge in [0.1, 0.15) is 17.7 Å². The van der Waals surface area contributed by atoms with Crippen molar-refractivity contribution < 1.29 is 13.9 Å². The summed E-state index contributed by atoms with van der Waals surface area (Å²) >= 11 is 0. The summed E-state index contributed by atoms with van der Waals surface area (Å²) < 4.78 is 20.9. The fraction of sp³-hybridized carbons (Fsp3) is 0.357. The van der Waals surface area contributed by atoms with E-state index in [1.54, 1.807) is 18.3 Å². The second-order valence-electron chi connectivity index (χ2n) is 9.11. The van der Waals surface area contributed by atoms with Gasteiger partial charge in [0.15, 0.2) is 0 Å². The van der Waals surface area contributed by atoms with E-state index in [-0.39, 0.29) is 17.8 Å². The molecule has 2 aliphatic heterocycles. The van der Waals surface area contributed by atoms with Gasteiger partial charge in [-0.2, -0.15) is 0 Å². The SMILES string of the molecule is O=C(CCN1Cc2ccccc2O[C@H](c2ccccc2F)C1)N1CCCC[C@H]1c1cccnc1. The molecule has 5 nitrogen and oxygen atoms in total. The molecule has 0 unspecified atom stereocenters. The predicted octanol–water partition coefficient (Wildman–Crippen LogP) is 5.30. The third-order valence-electron chi connectivity index (χ3n) is 6.85. The van der Waals surface area contributed by atoms with Crippen molar-refractivity contribution >= 4 is 5.91 Å². The molecule has 0 radical (unpaired) electrons. The van der Waals surface area contributed by atoms with Gasteiger partial charge in [0.05, 0.1) is 6.04 Å². The highest BCUT2D eigenvalue weighted by Crippen LogP contribution is 2.33. The fourth-order valence-corrected chi connectivity index (χ4v) is 5.10. The van der Waals surface area contributed by atoms with Crippen LogP contribution in [0.4, 0.5) is 4.39 Å². The number of nitrogens with zero attached hydrogens (tertiary/aromatic N) is 3. The predicted molar refractivity (Wildman–Crippen MR) is 129 cm³/mol. The molecule has 3 aromatic rings. The molecule has 0 bridgehead atoms. The Hall–Kier alpha value is -3.25. The van der Waals surface area contributed by atoms with Crippen LogP contribution in [0, 0.1) is 5.82 Å². The largest absolute Gasteiger partial charge is 0.484 e. The number of rotatable bonds is 5. The van der Waals surface area contributed by atoms with Crippen molar-refractivity contribution in [2.24, 2.45) is 0 Å². The molecular formula is C28H30FN3O2. The third kappa shape index (κ3) is 4.97. The van der Waals surface area contributed by atoms with E-state index in [9.17, 15) is 9.18 Å². The van der Waals surface area contributed by atoms with Crippen molar-refractivity contribution in [3.05, 3.63) is 95.6 Å². The number of halogens is 1. The summed E-state index contributed by atoms with van der Waals surface area (Å²) in [6.45, 7) is 2.56. The number of fused-ring (bicyclic) bond motifs is 1. The minimum atomic E-state index is -0.432. The van der Waals surface area contributed by atoms with Crippen LogP contribution < -0.4 is 4.74 Å². The number of carbonyl (C=O) groups is 1. The summed E-state index contributed by atoms with van der Waals surface area (Å²) in [5, 5.41) is 0. The van der Waals surface area contributed by atoms with E-state index >= 15 is 0 Å². The highest BCUT2D eigenvalue weighted by Gasteiger charge is 2.30. The molecule has 0 N–H and O–H groups in total. The maximum atomic E-state index is 14.6. The first-order chi connectivity index (χ1) is 16.7. The molecule has 0 saturated carbocycles. The first kappa shape index (κ1) is 22.5. The van der Waals surface area contributed by atoms with Gasteiger partial charge >= 0.3 is 0 Å². The molecule has 1 aromatic heterocycles. The molecule has 2 atom stereocenters. The molecule has 2 aromatic carbocycles. The Morgan fingerprint density at radius 3 is 2.76 bits per heavy atom. The van der Waals surface area contributed by atoms with Gasteiger partial charge < -0.3 is 9.64 Å². The Labute approximate surface area is 200 Å². The molecule has 34 heavy (non-hydrogen) atoms. The molecule has 176 valence electrons. The van der Waals surface area contributed by atoms with Gasteiger partial charge in [0.25, 0.3) is 0 Å². The van der Waals surface area contributed by atoms with Crippen LogP contribution in [0.1, 0.15) is 54.5 Å². The highest BCUT2D eigenvalue weighted by atomic mass is 19.1. The topological polar surface area (TPSA) is 45.7 Å². The van der Waals surface area contributed by atoms with Crippen molar-refractivity contribution in [3.8, 4) is 5.75 Å². The number of piperidine rings is 1. The van der Waals surface area contributed by atoms with Crippen molar-refractivity contribution in [2.45, 2.75) is 44.4 Å². The van der Waals surface area contributed by atoms with Gasteiger partial charge in [-0.15, -0.1) is 0 Å². The smallest absolute Gasteiger partial charge is 0.224 e. The summed E-state index contributed by atoms with van der Waals surface area (Å²) in [6.07, 6.45) is 6.75. The number of aromatic nitrogens is 1. The lowest BCUT2D eigenvalue weighted by molar-refractivity contribution is -0.135. The van der Waals surface area contributed by atoms with Gasteiger partial charge in [-0.05, 0) is 43.0 Å². The number of carbonyl (C=O) groups excluding carboxylic acids is 1. The minimum absolute atomic E-state index is 0.0920. The van der Waals surface area contributed by atoms with E-state index in [2.05, 4.69) is 16.0 Å². The molecule has 2 aliphatic rings. The van der Waals surface area contributed by atoms with Gasteiger partial charge in [-0.1, -0.05) is 42.5 Å². The first-order valence-electron chi connectivity index (χ1n) is 12.1. The molecule has 6 heteroatoms. The maximum Gasteiger partial charge on any atom is 0.224 e. The van der Waals surface area contributed by atoms with E-state index in [4.69, 9.17) is 4.74 Å². The average molecular weight is 460 g/mol. The number of para-hydroxylation sites is 1. The Morgan fingerprint density at radius 2 is 1.91 bits per heavy atom. The molecule has 3 heterocycles. The van der Waals surface area contributed by atoms with Crippen LogP contribution in [0.25, 0.3) is 0 Å². The van der Waals surface area contributed by atoms with Crippen LogP contribution in [0.3, 0.4) is 0 Å². The molecule has 0 spiro atoms. The second-order valence-corrected chi connectivity index (χ2v) is 9.11. The van der Waals surface area contributed by atoms with Gasteiger partial charge in [-0.25, -0.2) is 4.39 Å². The minimum Gasteiger partial charge on any atom is -0.484 e. The summed E-state index contributed by atoms with van der Waals surface area (Å²) in [7, 11) is 0. The van der Waals surface area contributed by atoms with Crippen LogP contribution in [0.5, 0.6) is 5.75 Å². The quantitative estimate of drug-likeness (QED) is 0.519.